The molecule has 0 saturated heterocycles. The number of anilines is 1. The first kappa shape index (κ1) is 15.0. The highest BCUT2D eigenvalue weighted by molar-refractivity contribution is 7.12. The molecule has 0 spiro atoms. The summed E-state index contributed by atoms with van der Waals surface area (Å²) >= 11 is 1.46. The molecular formula is C16H14N4O2S. The van der Waals surface area contributed by atoms with Crippen molar-refractivity contribution >= 4 is 28.8 Å². The Morgan fingerprint density at radius 3 is 2.65 bits per heavy atom. The fourth-order valence-electron chi connectivity index (χ4n) is 2.12. The van der Waals surface area contributed by atoms with Crippen LogP contribution in [-0.2, 0) is 11.2 Å². The van der Waals surface area contributed by atoms with Gasteiger partial charge in [-0.1, -0.05) is 12.1 Å². The molecule has 0 aliphatic heterocycles. The van der Waals surface area contributed by atoms with Crippen molar-refractivity contribution in [2.24, 2.45) is 5.73 Å². The maximum atomic E-state index is 12.1. The van der Waals surface area contributed by atoms with Crippen LogP contribution in [0.5, 0.6) is 0 Å². The second-order valence-electron chi connectivity index (χ2n) is 4.85. The minimum atomic E-state index is -0.579. The molecule has 3 rings (SSSR count). The fourth-order valence-corrected chi connectivity index (χ4v) is 2.91. The van der Waals surface area contributed by atoms with Crippen LogP contribution < -0.4 is 11.1 Å². The normalized spacial score (nSPS) is 10.4. The lowest BCUT2D eigenvalue weighted by molar-refractivity contribution is -0.115. The SMILES string of the molecule is NC(=O)c1ccccc1NC(=O)Cc1csc(-n2cccc2)n1. The molecule has 0 aliphatic rings. The lowest BCUT2D eigenvalue weighted by Crippen LogP contribution is -2.19. The minimum absolute atomic E-state index is 0.130. The number of nitrogens with one attached hydrogen (secondary N) is 1. The number of hydrogen-bond donors (Lipinski definition) is 2. The predicted octanol–water partition coefficient (Wildman–Crippen LogP) is 2.21. The van der Waals surface area contributed by atoms with Gasteiger partial charge in [0, 0.05) is 17.8 Å². The number of carbonyl (C=O) groups excluding carboxylic acids is 2. The van der Waals surface area contributed by atoms with Gasteiger partial charge in [-0.3, -0.25) is 9.59 Å². The summed E-state index contributed by atoms with van der Waals surface area (Å²) in [6.07, 6.45) is 3.92. The minimum Gasteiger partial charge on any atom is -0.366 e. The summed E-state index contributed by atoms with van der Waals surface area (Å²) in [5, 5.41) is 5.35. The molecule has 2 aromatic heterocycles. The number of benzene rings is 1. The third-order valence-corrected chi connectivity index (χ3v) is 4.08. The van der Waals surface area contributed by atoms with E-state index >= 15 is 0 Å². The first-order chi connectivity index (χ1) is 11.1. The third-order valence-electron chi connectivity index (χ3n) is 3.17. The third kappa shape index (κ3) is 3.46. The summed E-state index contributed by atoms with van der Waals surface area (Å²) in [6.45, 7) is 0. The summed E-state index contributed by atoms with van der Waals surface area (Å²) in [7, 11) is 0. The molecule has 116 valence electrons. The van der Waals surface area contributed by atoms with Gasteiger partial charge in [0.1, 0.15) is 0 Å². The topological polar surface area (TPSA) is 90.0 Å². The van der Waals surface area contributed by atoms with E-state index in [-0.39, 0.29) is 17.9 Å². The zero-order valence-corrected chi connectivity index (χ0v) is 12.9. The number of nitrogens with zero attached hydrogens (tertiary/aromatic N) is 2. The van der Waals surface area contributed by atoms with E-state index < -0.39 is 5.91 Å². The van der Waals surface area contributed by atoms with Crippen LogP contribution in [0.2, 0.25) is 0 Å². The Kier molecular flexibility index (Phi) is 4.20. The molecule has 0 radical (unpaired) electrons. The Balaban J connectivity index is 1.70. The molecule has 2 heterocycles. The number of amides is 2. The van der Waals surface area contributed by atoms with Crippen molar-refractivity contribution in [2.75, 3.05) is 5.32 Å². The largest absolute Gasteiger partial charge is 0.366 e. The van der Waals surface area contributed by atoms with Crippen molar-refractivity contribution < 1.29 is 9.59 Å². The Hall–Kier alpha value is -2.93. The van der Waals surface area contributed by atoms with Crippen molar-refractivity contribution in [3.63, 3.8) is 0 Å². The van der Waals surface area contributed by atoms with Crippen molar-refractivity contribution in [3.8, 4) is 5.13 Å². The molecule has 0 unspecified atom stereocenters. The van der Waals surface area contributed by atoms with Gasteiger partial charge < -0.3 is 15.6 Å². The maximum Gasteiger partial charge on any atom is 0.250 e. The van der Waals surface area contributed by atoms with Crippen molar-refractivity contribution in [1.29, 1.82) is 0 Å². The summed E-state index contributed by atoms with van der Waals surface area (Å²) in [6, 6.07) is 10.5. The van der Waals surface area contributed by atoms with E-state index in [9.17, 15) is 9.59 Å². The van der Waals surface area contributed by atoms with Gasteiger partial charge in [0.2, 0.25) is 5.91 Å². The molecular weight excluding hydrogens is 312 g/mol. The van der Waals surface area contributed by atoms with Crippen molar-refractivity contribution in [1.82, 2.24) is 9.55 Å². The van der Waals surface area contributed by atoms with E-state index in [1.54, 1.807) is 24.3 Å². The van der Waals surface area contributed by atoms with Crippen LogP contribution in [0.4, 0.5) is 5.69 Å². The van der Waals surface area contributed by atoms with Gasteiger partial charge in [0.25, 0.3) is 5.91 Å². The number of nitrogens with two attached hydrogens (primary N) is 1. The van der Waals surface area contributed by atoms with Gasteiger partial charge >= 0.3 is 0 Å². The summed E-state index contributed by atoms with van der Waals surface area (Å²) in [4.78, 5) is 27.9. The molecule has 0 saturated carbocycles. The molecule has 2 amide bonds. The monoisotopic (exact) mass is 326 g/mol. The van der Waals surface area contributed by atoms with E-state index in [1.807, 2.05) is 34.5 Å². The highest BCUT2D eigenvalue weighted by atomic mass is 32.1. The molecule has 1 aromatic carbocycles. The Morgan fingerprint density at radius 2 is 1.91 bits per heavy atom. The average Bonchev–Trinajstić information content (AvgIpc) is 3.18. The van der Waals surface area contributed by atoms with Crippen molar-refractivity contribution in [2.45, 2.75) is 6.42 Å². The lowest BCUT2D eigenvalue weighted by atomic mass is 10.1. The van der Waals surface area contributed by atoms with Crippen LogP contribution in [-0.4, -0.2) is 21.4 Å². The second kappa shape index (κ2) is 6.45. The quantitative estimate of drug-likeness (QED) is 0.753. The first-order valence-electron chi connectivity index (χ1n) is 6.90. The number of para-hydroxylation sites is 1. The zero-order valence-electron chi connectivity index (χ0n) is 12.1. The second-order valence-corrected chi connectivity index (χ2v) is 5.68. The molecule has 23 heavy (non-hydrogen) atoms. The van der Waals surface area contributed by atoms with Crippen LogP contribution in [0, 0.1) is 0 Å². The van der Waals surface area contributed by atoms with Crippen LogP contribution in [0.1, 0.15) is 16.1 Å². The molecule has 3 N–H and O–H groups in total. The molecule has 3 aromatic rings. The summed E-state index contributed by atoms with van der Waals surface area (Å²) in [5.41, 5.74) is 6.66. The number of hydrogen-bond acceptors (Lipinski definition) is 4. The molecule has 0 bridgehead atoms. The number of aromatic nitrogens is 2. The van der Waals surface area contributed by atoms with Crippen molar-refractivity contribution in [3.05, 3.63) is 65.4 Å². The van der Waals surface area contributed by atoms with Gasteiger partial charge in [0.05, 0.1) is 23.4 Å². The Morgan fingerprint density at radius 1 is 1.17 bits per heavy atom. The highest BCUT2D eigenvalue weighted by Crippen LogP contribution is 2.17. The molecule has 0 aliphatic carbocycles. The maximum absolute atomic E-state index is 12.1. The Bertz CT molecular complexity index is 839. The van der Waals surface area contributed by atoms with E-state index in [1.165, 1.54) is 11.3 Å². The van der Waals surface area contributed by atoms with Crippen LogP contribution >= 0.6 is 11.3 Å². The van der Waals surface area contributed by atoms with E-state index in [2.05, 4.69) is 10.3 Å². The molecule has 6 nitrogen and oxygen atoms in total. The summed E-state index contributed by atoms with van der Waals surface area (Å²) in [5.74, 6) is -0.826. The van der Waals surface area contributed by atoms with E-state index in [0.29, 0.717) is 11.4 Å². The van der Waals surface area contributed by atoms with Gasteiger partial charge in [-0.15, -0.1) is 11.3 Å². The van der Waals surface area contributed by atoms with Gasteiger partial charge in [-0.25, -0.2) is 4.98 Å². The van der Waals surface area contributed by atoms with Crippen LogP contribution in [0.25, 0.3) is 5.13 Å². The van der Waals surface area contributed by atoms with Crippen LogP contribution in [0.15, 0.2) is 54.2 Å². The number of primary amides is 1. The Labute approximate surface area is 136 Å². The molecule has 7 heteroatoms. The number of thiazole rings is 1. The fraction of sp³-hybridized carbons (Fsp3) is 0.0625. The average molecular weight is 326 g/mol. The van der Waals surface area contributed by atoms with Gasteiger partial charge in [0.15, 0.2) is 5.13 Å². The van der Waals surface area contributed by atoms with Gasteiger partial charge in [-0.2, -0.15) is 0 Å². The number of rotatable bonds is 5. The predicted molar refractivity (Wildman–Crippen MR) is 88.7 cm³/mol. The molecule has 0 atom stereocenters. The standard InChI is InChI=1S/C16H14N4O2S/c17-15(22)12-5-1-2-6-13(12)19-14(21)9-11-10-23-16(18-11)20-7-3-4-8-20/h1-8,10H,9H2,(H2,17,22)(H,19,21). The lowest BCUT2D eigenvalue weighted by Gasteiger charge is -2.07. The van der Waals surface area contributed by atoms with E-state index in [4.69, 9.17) is 5.73 Å². The first-order valence-corrected chi connectivity index (χ1v) is 7.78. The van der Waals surface area contributed by atoms with Crippen LogP contribution in [0.3, 0.4) is 0 Å². The summed E-state index contributed by atoms with van der Waals surface area (Å²) < 4.78 is 1.88. The molecule has 0 fully saturated rings. The smallest absolute Gasteiger partial charge is 0.250 e. The van der Waals surface area contributed by atoms with Gasteiger partial charge in [-0.05, 0) is 24.3 Å². The van der Waals surface area contributed by atoms with E-state index in [0.717, 1.165) is 5.13 Å². The number of carbonyl (C=O) groups is 2. The zero-order chi connectivity index (χ0) is 16.2. The highest BCUT2D eigenvalue weighted by Gasteiger charge is 2.12.